The highest BCUT2D eigenvalue weighted by atomic mass is 79.9. The molecule has 1 N–H and O–H groups in total. The summed E-state index contributed by atoms with van der Waals surface area (Å²) in [6, 6.07) is 0. The first-order chi connectivity index (χ1) is 8.39. The van der Waals surface area contributed by atoms with Crippen molar-refractivity contribution in [2.45, 2.75) is 32.4 Å². The molecule has 1 unspecified atom stereocenters. The maximum absolute atomic E-state index is 11.7. The minimum atomic E-state index is -4.33. The molecule has 0 saturated heterocycles. The quantitative estimate of drug-likeness (QED) is 0.520. The Kier molecular flexibility index (Phi) is 9.45. The summed E-state index contributed by atoms with van der Waals surface area (Å²) in [5.41, 5.74) is 0. The van der Waals surface area contributed by atoms with Gasteiger partial charge in [0.25, 0.3) is 0 Å². The predicted octanol–water partition coefficient (Wildman–Crippen LogP) is 2.88. The Morgan fingerprint density at radius 1 is 1.44 bits per heavy atom. The maximum Gasteiger partial charge on any atom is 0.411 e. The van der Waals surface area contributed by atoms with E-state index in [1.807, 2.05) is 6.92 Å². The number of amides is 1. The number of rotatable bonds is 9. The number of halogens is 4. The molecule has 0 aliphatic carbocycles. The zero-order valence-corrected chi connectivity index (χ0v) is 11.9. The van der Waals surface area contributed by atoms with Crippen LogP contribution in [-0.2, 0) is 9.53 Å². The lowest BCUT2D eigenvalue weighted by molar-refractivity contribution is -0.174. The fourth-order valence-electron chi connectivity index (χ4n) is 1.30. The number of hydrogen-bond acceptors (Lipinski definition) is 2. The maximum atomic E-state index is 11.7. The lowest BCUT2D eigenvalue weighted by Crippen LogP contribution is -2.30. The molecule has 0 aromatic heterocycles. The summed E-state index contributed by atoms with van der Waals surface area (Å²) in [4.78, 5) is 11.3. The molecule has 0 aromatic rings. The predicted molar refractivity (Wildman–Crippen MR) is 66.7 cm³/mol. The molecule has 0 aliphatic rings. The molecule has 18 heavy (non-hydrogen) atoms. The molecule has 0 radical (unpaired) electrons. The summed E-state index contributed by atoms with van der Waals surface area (Å²) < 4.78 is 39.6. The number of carbonyl (C=O) groups is 1. The zero-order chi connectivity index (χ0) is 14.0. The third-order valence-corrected chi connectivity index (χ3v) is 2.88. The molecule has 3 nitrogen and oxygen atoms in total. The van der Waals surface area contributed by atoms with E-state index in [-0.39, 0.29) is 18.9 Å². The standard InChI is InChI=1S/C11H19BrF3NO2/c1-2-9(3-5-12)7-16-10(17)4-6-18-8-11(13,14)15/h9H,2-8H2,1H3,(H,16,17). The van der Waals surface area contributed by atoms with Crippen LogP contribution in [0.1, 0.15) is 26.2 Å². The number of nitrogens with one attached hydrogen (secondary N) is 1. The van der Waals surface area contributed by atoms with Gasteiger partial charge in [-0.2, -0.15) is 13.2 Å². The molecule has 0 fully saturated rings. The highest BCUT2D eigenvalue weighted by Crippen LogP contribution is 2.14. The van der Waals surface area contributed by atoms with Gasteiger partial charge in [0.1, 0.15) is 6.61 Å². The van der Waals surface area contributed by atoms with Crippen molar-refractivity contribution in [2.24, 2.45) is 5.92 Å². The fourth-order valence-corrected chi connectivity index (χ4v) is 1.95. The van der Waals surface area contributed by atoms with E-state index in [9.17, 15) is 18.0 Å². The molecule has 0 bridgehead atoms. The molecular formula is C11H19BrF3NO2. The third kappa shape index (κ3) is 10.8. The summed E-state index contributed by atoms with van der Waals surface area (Å²) in [5, 5.41) is 3.57. The second-order valence-electron chi connectivity index (χ2n) is 3.97. The SMILES string of the molecule is CCC(CCBr)CNC(=O)CCOCC(F)(F)F. The van der Waals surface area contributed by atoms with Crippen molar-refractivity contribution in [3.8, 4) is 0 Å². The largest absolute Gasteiger partial charge is 0.411 e. The Bertz CT molecular complexity index is 237. The number of ether oxygens (including phenoxy) is 1. The summed E-state index contributed by atoms with van der Waals surface area (Å²) in [7, 11) is 0. The van der Waals surface area contributed by atoms with Gasteiger partial charge in [-0.25, -0.2) is 0 Å². The Balaban J connectivity index is 3.59. The monoisotopic (exact) mass is 333 g/mol. The number of carbonyl (C=O) groups excluding carboxylic acids is 1. The Labute approximate surface area is 114 Å². The topological polar surface area (TPSA) is 38.3 Å². The first kappa shape index (κ1) is 17.7. The van der Waals surface area contributed by atoms with Crippen molar-refractivity contribution in [2.75, 3.05) is 25.1 Å². The highest BCUT2D eigenvalue weighted by molar-refractivity contribution is 9.09. The van der Waals surface area contributed by atoms with Crippen LogP contribution >= 0.6 is 15.9 Å². The van der Waals surface area contributed by atoms with Crippen LogP contribution < -0.4 is 5.32 Å². The first-order valence-corrected chi connectivity index (χ1v) is 6.98. The minimum absolute atomic E-state index is 0.0408. The van der Waals surface area contributed by atoms with Crippen LogP contribution in [0.15, 0.2) is 0 Å². The summed E-state index contributed by atoms with van der Waals surface area (Å²) in [6.45, 7) is 1.08. The van der Waals surface area contributed by atoms with Crippen LogP contribution in [-0.4, -0.2) is 37.2 Å². The van der Waals surface area contributed by atoms with Crippen molar-refractivity contribution in [1.29, 1.82) is 0 Å². The minimum Gasteiger partial charge on any atom is -0.372 e. The smallest absolute Gasteiger partial charge is 0.372 e. The van der Waals surface area contributed by atoms with Gasteiger partial charge in [-0.1, -0.05) is 29.3 Å². The van der Waals surface area contributed by atoms with Crippen molar-refractivity contribution in [3.63, 3.8) is 0 Å². The molecule has 0 heterocycles. The van der Waals surface area contributed by atoms with Gasteiger partial charge < -0.3 is 10.1 Å². The lowest BCUT2D eigenvalue weighted by atomic mass is 10.0. The van der Waals surface area contributed by atoms with Crippen LogP contribution in [0.2, 0.25) is 0 Å². The third-order valence-electron chi connectivity index (χ3n) is 2.42. The molecule has 0 rings (SSSR count). The molecule has 1 atom stereocenters. The van der Waals surface area contributed by atoms with Crippen LogP contribution in [0.3, 0.4) is 0 Å². The number of hydrogen-bond donors (Lipinski definition) is 1. The summed E-state index contributed by atoms with van der Waals surface area (Å²) >= 11 is 3.33. The molecule has 0 aliphatic heterocycles. The molecule has 7 heteroatoms. The first-order valence-electron chi connectivity index (χ1n) is 5.86. The van der Waals surface area contributed by atoms with Crippen molar-refractivity contribution in [3.05, 3.63) is 0 Å². The van der Waals surface area contributed by atoms with Gasteiger partial charge in [0.2, 0.25) is 5.91 Å². The molecule has 0 saturated carbocycles. The van der Waals surface area contributed by atoms with E-state index >= 15 is 0 Å². The molecular weight excluding hydrogens is 315 g/mol. The zero-order valence-electron chi connectivity index (χ0n) is 10.4. The molecule has 0 spiro atoms. The van der Waals surface area contributed by atoms with Crippen LogP contribution in [0.5, 0.6) is 0 Å². The van der Waals surface area contributed by atoms with Gasteiger partial charge in [0.15, 0.2) is 0 Å². The van der Waals surface area contributed by atoms with Gasteiger partial charge in [0, 0.05) is 18.3 Å². The summed E-state index contributed by atoms with van der Waals surface area (Å²) in [6.07, 6.45) is -2.46. The van der Waals surface area contributed by atoms with Gasteiger partial charge in [-0.05, 0) is 12.3 Å². The van der Waals surface area contributed by atoms with Crippen LogP contribution in [0, 0.1) is 5.92 Å². The van der Waals surface area contributed by atoms with Crippen molar-refractivity contribution >= 4 is 21.8 Å². The second-order valence-corrected chi connectivity index (χ2v) is 4.77. The molecule has 108 valence electrons. The average molecular weight is 334 g/mol. The normalized spacial score (nSPS) is 13.4. The van der Waals surface area contributed by atoms with E-state index in [2.05, 4.69) is 26.0 Å². The van der Waals surface area contributed by atoms with Crippen molar-refractivity contribution in [1.82, 2.24) is 5.32 Å². The van der Waals surface area contributed by atoms with E-state index in [4.69, 9.17) is 0 Å². The summed E-state index contributed by atoms with van der Waals surface area (Å²) in [5.74, 6) is 0.120. The Hall–Kier alpha value is -0.300. The van der Waals surface area contributed by atoms with Gasteiger partial charge >= 0.3 is 6.18 Å². The van der Waals surface area contributed by atoms with E-state index < -0.39 is 12.8 Å². The van der Waals surface area contributed by atoms with Gasteiger partial charge in [0.05, 0.1) is 6.61 Å². The molecule has 0 aromatic carbocycles. The lowest BCUT2D eigenvalue weighted by Gasteiger charge is -2.14. The van der Waals surface area contributed by atoms with Crippen LogP contribution in [0.4, 0.5) is 13.2 Å². The second kappa shape index (κ2) is 9.61. The van der Waals surface area contributed by atoms with Crippen molar-refractivity contribution < 1.29 is 22.7 Å². The van der Waals surface area contributed by atoms with Crippen LogP contribution in [0.25, 0.3) is 0 Å². The van der Waals surface area contributed by atoms with Gasteiger partial charge in [-0.15, -0.1) is 0 Å². The van der Waals surface area contributed by atoms with Gasteiger partial charge in [-0.3, -0.25) is 4.79 Å². The highest BCUT2D eigenvalue weighted by Gasteiger charge is 2.27. The van der Waals surface area contributed by atoms with E-state index in [0.29, 0.717) is 12.5 Å². The Morgan fingerprint density at radius 2 is 2.11 bits per heavy atom. The van der Waals surface area contributed by atoms with E-state index in [1.165, 1.54) is 0 Å². The fraction of sp³-hybridized carbons (Fsp3) is 0.909. The number of alkyl halides is 4. The van der Waals surface area contributed by atoms with E-state index in [0.717, 1.165) is 18.2 Å². The van der Waals surface area contributed by atoms with E-state index in [1.54, 1.807) is 0 Å². The average Bonchev–Trinajstić information content (AvgIpc) is 2.29. The Morgan fingerprint density at radius 3 is 2.61 bits per heavy atom. The molecule has 1 amide bonds.